The number of nitrogens with zero attached hydrogens (tertiary/aromatic N) is 1. The highest BCUT2D eigenvalue weighted by Gasteiger charge is 2.24. The molecule has 2 aromatic rings. The summed E-state index contributed by atoms with van der Waals surface area (Å²) in [5, 5.41) is 16.4. The second kappa shape index (κ2) is 6.81. The van der Waals surface area contributed by atoms with E-state index in [9.17, 15) is 19.7 Å². The van der Waals surface area contributed by atoms with Crippen molar-refractivity contribution in [1.82, 2.24) is 0 Å². The van der Waals surface area contributed by atoms with E-state index in [4.69, 9.17) is 28.9 Å². The van der Waals surface area contributed by atoms with Crippen molar-refractivity contribution in [3.05, 3.63) is 55.6 Å². The first-order chi connectivity index (χ1) is 12.2. The van der Waals surface area contributed by atoms with Gasteiger partial charge in [0.15, 0.2) is 0 Å². The summed E-state index contributed by atoms with van der Waals surface area (Å²) in [6.45, 7) is 0. The Kier molecular flexibility index (Phi) is 4.71. The summed E-state index contributed by atoms with van der Waals surface area (Å²) < 4.78 is 0. The molecule has 0 atom stereocenters. The first-order valence-corrected chi connectivity index (χ1v) is 8.14. The summed E-state index contributed by atoms with van der Waals surface area (Å²) in [5.74, 6) is -0.222. The first-order valence-electron chi connectivity index (χ1n) is 7.39. The minimum atomic E-state index is -0.533. The summed E-state index contributed by atoms with van der Waals surface area (Å²) in [5.41, 5.74) is 8.70. The Morgan fingerprint density at radius 2 is 1.42 bits per heavy atom. The van der Waals surface area contributed by atoms with Crippen molar-refractivity contribution in [2.75, 3.05) is 16.4 Å². The van der Waals surface area contributed by atoms with Gasteiger partial charge in [0.05, 0.1) is 39.2 Å². The van der Waals surface area contributed by atoms with E-state index in [-0.39, 0.29) is 28.9 Å². The molecule has 2 aromatic carbocycles. The molecule has 134 valence electrons. The van der Waals surface area contributed by atoms with Gasteiger partial charge in [-0.15, -0.1) is 0 Å². The van der Waals surface area contributed by atoms with Crippen LogP contribution in [-0.4, -0.2) is 16.7 Å². The fraction of sp³-hybridized carbons (Fsp3) is 0.125. The second-order valence-electron chi connectivity index (χ2n) is 5.71. The lowest BCUT2D eigenvalue weighted by atomic mass is 10.1. The highest BCUT2D eigenvalue weighted by molar-refractivity contribution is 6.35. The number of carbonyl (C=O) groups excluding carboxylic acids is 2. The Morgan fingerprint density at radius 1 is 0.923 bits per heavy atom. The zero-order valence-corrected chi connectivity index (χ0v) is 14.6. The normalized spacial score (nSPS) is 13.9. The van der Waals surface area contributed by atoms with Gasteiger partial charge in [-0.3, -0.25) is 19.7 Å². The van der Waals surface area contributed by atoms with Crippen molar-refractivity contribution in [3.63, 3.8) is 0 Å². The molecule has 4 rings (SSSR count). The van der Waals surface area contributed by atoms with Crippen LogP contribution in [0.4, 0.5) is 22.7 Å². The lowest BCUT2D eigenvalue weighted by Gasteiger charge is -2.02. The van der Waals surface area contributed by atoms with Gasteiger partial charge in [-0.2, -0.15) is 0 Å². The van der Waals surface area contributed by atoms with Crippen LogP contribution in [0.25, 0.3) is 0 Å². The lowest BCUT2D eigenvalue weighted by Crippen LogP contribution is -2.03. The van der Waals surface area contributed by atoms with E-state index >= 15 is 0 Å². The van der Waals surface area contributed by atoms with Gasteiger partial charge in [0.1, 0.15) is 0 Å². The Bertz CT molecular complexity index is 962. The Morgan fingerprint density at radius 3 is 1.96 bits per heavy atom. The molecule has 2 aliphatic rings. The zero-order valence-electron chi connectivity index (χ0n) is 13.1. The van der Waals surface area contributed by atoms with E-state index in [0.29, 0.717) is 34.1 Å². The van der Waals surface area contributed by atoms with Gasteiger partial charge in [-0.05, 0) is 23.3 Å². The van der Waals surface area contributed by atoms with Crippen molar-refractivity contribution >= 4 is 57.8 Å². The quantitative estimate of drug-likeness (QED) is 0.388. The smallest absolute Gasteiger partial charge is 0.271 e. The molecular weight excluding hydrogens is 383 g/mol. The number of nitrogen functional groups attached to an aromatic ring is 1. The summed E-state index contributed by atoms with van der Waals surface area (Å²) >= 11 is 11.6. The predicted octanol–water partition coefficient (Wildman–Crippen LogP) is 3.16. The highest BCUT2D eigenvalue weighted by Crippen LogP contribution is 2.35. The van der Waals surface area contributed by atoms with Crippen LogP contribution >= 0.6 is 23.2 Å². The summed E-state index contributed by atoms with van der Waals surface area (Å²) in [6, 6.07) is 5.98. The molecule has 0 spiro atoms. The summed E-state index contributed by atoms with van der Waals surface area (Å²) in [4.78, 5) is 31.9. The molecule has 0 aliphatic carbocycles. The molecule has 0 bridgehead atoms. The molecule has 0 fully saturated rings. The number of nitrogens with two attached hydrogens (primary N) is 1. The molecule has 0 radical (unpaired) electrons. The highest BCUT2D eigenvalue weighted by atomic mass is 35.5. The van der Waals surface area contributed by atoms with Crippen LogP contribution in [0.2, 0.25) is 10.0 Å². The minimum absolute atomic E-state index is 0.0301. The largest absolute Gasteiger partial charge is 0.399 e. The van der Waals surface area contributed by atoms with Crippen LogP contribution < -0.4 is 16.4 Å². The van der Waals surface area contributed by atoms with E-state index in [1.165, 1.54) is 12.1 Å². The van der Waals surface area contributed by atoms with Crippen LogP contribution in [0, 0.1) is 10.1 Å². The Labute approximate surface area is 157 Å². The van der Waals surface area contributed by atoms with Gasteiger partial charge in [0.25, 0.3) is 5.69 Å². The molecule has 0 aromatic heterocycles. The van der Waals surface area contributed by atoms with Crippen molar-refractivity contribution in [2.24, 2.45) is 0 Å². The molecular formula is C16H12Cl2N4O4. The molecule has 2 amide bonds. The number of nitrogens with one attached hydrogen (secondary N) is 2. The average Bonchev–Trinajstić information content (AvgIpc) is 3.09. The van der Waals surface area contributed by atoms with Gasteiger partial charge in [0, 0.05) is 17.8 Å². The van der Waals surface area contributed by atoms with E-state index in [0.717, 1.165) is 5.56 Å². The van der Waals surface area contributed by atoms with Crippen LogP contribution in [0.5, 0.6) is 0 Å². The van der Waals surface area contributed by atoms with E-state index < -0.39 is 4.92 Å². The number of nitro groups is 1. The monoisotopic (exact) mass is 394 g/mol. The third-order valence-corrected chi connectivity index (χ3v) is 4.39. The van der Waals surface area contributed by atoms with Gasteiger partial charge >= 0.3 is 0 Å². The predicted molar refractivity (Wildman–Crippen MR) is 98.6 cm³/mol. The Hall–Kier alpha value is -2.84. The first kappa shape index (κ1) is 18.0. The number of anilines is 3. The maximum atomic E-state index is 11.0. The van der Waals surface area contributed by atoms with Crippen molar-refractivity contribution in [2.45, 2.75) is 12.8 Å². The average molecular weight is 395 g/mol. The van der Waals surface area contributed by atoms with Gasteiger partial charge in [-0.1, -0.05) is 23.2 Å². The van der Waals surface area contributed by atoms with E-state index in [2.05, 4.69) is 10.6 Å². The maximum absolute atomic E-state index is 11.0. The fourth-order valence-corrected chi connectivity index (χ4v) is 3.29. The number of rotatable bonds is 1. The number of hydrogen-bond acceptors (Lipinski definition) is 5. The molecule has 4 N–H and O–H groups in total. The number of fused-ring (bicyclic) bond motifs is 2. The number of carbonyl (C=O) groups is 2. The SMILES string of the molecule is Nc1cc(Cl)c2c(c1)CC(=O)N2.O=C1Cc2cc([N+](=O)[O-])cc(Cl)c2N1. The second-order valence-corrected chi connectivity index (χ2v) is 6.52. The van der Waals surface area contributed by atoms with Crippen LogP contribution in [0.15, 0.2) is 24.3 Å². The lowest BCUT2D eigenvalue weighted by molar-refractivity contribution is -0.384. The number of halogens is 2. The van der Waals surface area contributed by atoms with E-state index in [1.54, 1.807) is 12.1 Å². The third kappa shape index (κ3) is 3.56. The van der Waals surface area contributed by atoms with Gasteiger partial charge < -0.3 is 16.4 Å². The molecule has 0 unspecified atom stereocenters. The number of non-ortho nitro benzene ring substituents is 1. The topological polar surface area (TPSA) is 127 Å². The van der Waals surface area contributed by atoms with Crippen molar-refractivity contribution < 1.29 is 14.5 Å². The molecule has 2 heterocycles. The molecule has 26 heavy (non-hydrogen) atoms. The summed E-state index contributed by atoms with van der Waals surface area (Å²) in [7, 11) is 0. The zero-order chi connectivity index (χ0) is 19.0. The van der Waals surface area contributed by atoms with Crippen molar-refractivity contribution in [1.29, 1.82) is 0 Å². The number of nitro benzene ring substituents is 1. The molecule has 0 saturated heterocycles. The molecule has 2 aliphatic heterocycles. The van der Waals surface area contributed by atoms with E-state index in [1.807, 2.05) is 0 Å². The Balaban J connectivity index is 0.000000152. The van der Waals surface area contributed by atoms with Gasteiger partial charge in [0.2, 0.25) is 11.8 Å². The third-order valence-electron chi connectivity index (χ3n) is 3.79. The summed E-state index contributed by atoms with van der Waals surface area (Å²) in [6.07, 6.45) is 0.525. The number of amides is 2. The van der Waals surface area contributed by atoms with Crippen LogP contribution in [0.1, 0.15) is 11.1 Å². The number of hydrogen-bond donors (Lipinski definition) is 3. The van der Waals surface area contributed by atoms with Crippen LogP contribution in [-0.2, 0) is 22.4 Å². The number of benzene rings is 2. The minimum Gasteiger partial charge on any atom is -0.399 e. The molecule has 8 nitrogen and oxygen atoms in total. The maximum Gasteiger partial charge on any atom is 0.271 e. The van der Waals surface area contributed by atoms with Gasteiger partial charge in [-0.25, -0.2) is 0 Å². The fourth-order valence-electron chi connectivity index (χ4n) is 2.71. The molecule has 0 saturated carbocycles. The van der Waals surface area contributed by atoms with Crippen molar-refractivity contribution in [3.8, 4) is 0 Å². The van der Waals surface area contributed by atoms with Crippen LogP contribution in [0.3, 0.4) is 0 Å². The molecule has 10 heteroatoms. The standard InChI is InChI=1S/C8H5ClN2O3.C8H7ClN2O/c9-6-3-5(11(13)14)1-4-2-7(12)10-8(4)6;9-6-3-5(10)1-4-2-7(12)11-8(4)6/h1,3H,2H2,(H,10,12);1,3H,2,10H2,(H,11,12).